The fraction of sp³-hybridized carbons (Fsp3) is 0.750. The van der Waals surface area contributed by atoms with Gasteiger partial charge in [-0.3, -0.25) is 9.59 Å². The molecule has 0 aromatic carbocycles. The lowest BCUT2D eigenvalue weighted by Crippen LogP contribution is -2.50. The van der Waals surface area contributed by atoms with E-state index in [9.17, 15) is 14.4 Å². The molecule has 0 saturated heterocycles. The Hall–Kier alpha value is -1.63. The number of rotatable bonds is 7. The number of nitrogens with two attached hydrogens (primary N) is 2. The van der Waals surface area contributed by atoms with E-state index in [1.165, 1.54) is 0 Å². The number of amides is 2. The number of hydrogen-bond acceptors (Lipinski definition) is 4. The number of primary amides is 1. The Labute approximate surface area is 111 Å². The summed E-state index contributed by atoms with van der Waals surface area (Å²) in [5.74, 6) is -2.08. The molecule has 0 bridgehead atoms. The van der Waals surface area contributed by atoms with Crippen molar-refractivity contribution < 1.29 is 19.5 Å². The molecular formula is C12H21N3O4. The van der Waals surface area contributed by atoms with Crippen molar-refractivity contribution in [1.82, 2.24) is 5.32 Å². The molecule has 1 rings (SSSR count). The number of carboxylic acid groups (broad SMARTS) is 1. The lowest BCUT2D eigenvalue weighted by atomic mass is 9.85. The summed E-state index contributed by atoms with van der Waals surface area (Å²) in [5.41, 5.74) is 9.99. The molecule has 0 aromatic rings. The van der Waals surface area contributed by atoms with E-state index in [1.54, 1.807) is 0 Å². The third kappa shape index (κ3) is 3.92. The monoisotopic (exact) mass is 271 g/mol. The van der Waals surface area contributed by atoms with Crippen LogP contribution in [0.1, 0.15) is 38.5 Å². The Balaban J connectivity index is 2.65. The second kappa shape index (κ2) is 6.51. The van der Waals surface area contributed by atoms with E-state index in [0.29, 0.717) is 12.8 Å². The molecule has 0 radical (unpaired) electrons. The summed E-state index contributed by atoms with van der Waals surface area (Å²) in [5, 5.41) is 11.5. The van der Waals surface area contributed by atoms with Crippen LogP contribution in [-0.4, -0.2) is 35.5 Å². The number of aliphatic carboxylic acids is 1. The summed E-state index contributed by atoms with van der Waals surface area (Å²) in [6.45, 7) is 0.209. The van der Waals surface area contributed by atoms with Crippen molar-refractivity contribution in [2.24, 2.45) is 16.9 Å². The maximum absolute atomic E-state index is 12.2. The van der Waals surface area contributed by atoms with Gasteiger partial charge in [0.25, 0.3) is 0 Å². The van der Waals surface area contributed by atoms with E-state index >= 15 is 0 Å². The van der Waals surface area contributed by atoms with Gasteiger partial charge in [0.2, 0.25) is 11.8 Å². The molecule has 6 N–H and O–H groups in total. The van der Waals surface area contributed by atoms with Gasteiger partial charge >= 0.3 is 5.97 Å². The highest BCUT2D eigenvalue weighted by atomic mass is 16.4. The normalized spacial score (nSPS) is 18.8. The summed E-state index contributed by atoms with van der Waals surface area (Å²) in [7, 11) is 0. The van der Waals surface area contributed by atoms with Crippen molar-refractivity contribution in [2.75, 3.05) is 6.54 Å². The number of carboxylic acids is 1. The van der Waals surface area contributed by atoms with E-state index in [4.69, 9.17) is 16.6 Å². The van der Waals surface area contributed by atoms with Crippen molar-refractivity contribution in [3.8, 4) is 0 Å². The van der Waals surface area contributed by atoms with Gasteiger partial charge in [0.1, 0.15) is 6.04 Å². The molecule has 0 spiro atoms. The van der Waals surface area contributed by atoms with Gasteiger partial charge in [-0.1, -0.05) is 12.8 Å². The molecule has 2 amide bonds. The zero-order chi connectivity index (χ0) is 14.5. The molecule has 7 heteroatoms. The molecule has 1 fully saturated rings. The van der Waals surface area contributed by atoms with Crippen LogP contribution in [0.5, 0.6) is 0 Å². The first-order valence-electron chi connectivity index (χ1n) is 6.43. The molecule has 1 aliphatic carbocycles. The van der Waals surface area contributed by atoms with E-state index in [-0.39, 0.29) is 25.3 Å². The molecule has 0 unspecified atom stereocenters. The van der Waals surface area contributed by atoms with Crippen LogP contribution in [0.15, 0.2) is 0 Å². The molecule has 1 saturated carbocycles. The van der Waals surface area contributed by atoms with Crippen molar-refractivity contribution >= 4 is 17.8 Å². The van der Waals surface area contributed by atoms with Crippen LogP contribution in [0.2, 0.25) is 0 Å². The van der Waals surface area contributed by atoms with Gasteiger partial charge in [-0.15, -0.1) is 0 Å². The van der Waals surface area contributed by atoms with Crippen molar-refractivity contribution in [3.63, 3.8) is 0 Å². The summed E-state index contributed by atoms with van der Waals surface area (Å²) in [4.78, 5) is 33.9. The van der Waals surface area contributed by atoms with Crippen LogP contribution >= 0.6 is 0 Å². The SMILES string of the molecule is NCC1(C(=O)N[C@@H](CCC(N)=O)C(=O)O)CCCC1. The summed E-state index contributed by atoms with van der Waals surface area (Å²) in [6.07, 6.45) is 3.12. The Morgan fingerprint density at radius 2 is 1.84 bits per heavy atom. The Morgan fingerprint density at radius 3 is 2.26 bits per heavy atom. The van der Waals surface area contributed by atoms with E-state index < -0.39 is 23.3 Å². The molecule has 19 heavy (non-hydrogen) atoms. The molecule has 0 aliphatic heterocycles. The minimum atomic E-state index is -1.17. The van der Waals surface area contributed by atoms with Crippen molar-refractivity contribution in [3.05, 3.63) is 0 Å². The first-order valence-corrected chi connectivity index (χ1v) is 6.43. The maximum Gasteiger partial charge on any atom is 0.326 e. The predicted octanol–water partition coefficient (Wildman–Crippen LogP) is -0.660. The van der Waals surface area contributed by atoms with Crippen molar-refractivity contribution in [2.45, 2.75) is 44.6 Å². The van der Waals surface area contributed by atoms with Gasteiger partial charge in [0.05, 0.1) is 5.41 Å². The highest BCUT2D eigenvalue weighted by molar-refractivity contribution is 5.88. The topological polar surface area (TPSA) is 136 Å². The molecule has 1 atom stereocenters. The molecule has 7 nitrogen and oxygen atoms in total. The third-order valence-corrected chi connectivity index (χ3v) is 3.72. The van der Waals surface area contributed by atoms with Gasteiger partial charge < -0.3 is 21.9 Å². The number of carbonyl (C=O) groups excluding carboxylic acids is 2. The van der Waals surface area contributed by atoms with Crippen LogP contribution in [0, 0.1) is 5.41 Å². The number of nitrogens with one attached hydrogen (secondary N) is 1. The first-order chi connectivity index (χ1) is 8.91. The third-order valence-electron chi connectivity index (χ3n) is 3.72. The van der Waals surface area contributed by atoms with E-state index in [2.05, 4.69) is 5.32 Å². The fourth-order valence-corrected chi connectivity index (χ4v) is 2.43. The summed E-state index contributed by atoms with van der Waals surface area (Å²) in [6, 6.07) is -1.09. The Kier molecular flexibility index (Phi) is 5.29. The van der Waals surface area contributed by atoms with Crippen LogP contribution in [0.3, 0.4) is 0 Å². The van der Waals surface area contributed by atoms with E-state index in [0.717, 1.165) is 12.8 Å². The van der Waals surface area contributed by atoms with Gasteiger partial charge in [0.15, 0.2) is 0 Å². The summed E-state index contributed by atoms with van der Waals surface area (Å²) < 4.78 is 0. The average Bonchev–Trinajstić information content (AvgIpc) is 2.83. The van der Waals surface area contributed by atoms with Gasteiger partial charge in [0, 0.05) is 13.0 Å². The minimum Gasteiger partial charge on any atom is -0.480 e. The Bertz CT molecular complexity index is 364. The second-order valence-corrected chi connectivity index (χ2v) is 5.06. The first kappa shape index (κ1) is 15.4. The van der Waals surface area contributed by atoms with Gasteiger partial charge in [-0.05, 0) is 19.3 Å². The highest BCUT2D eigenvalue weighted by Gasteiger charge is 2.41. The molecule has 108 valence electrons. The highest BCUT2D eigenvalue weighted by Crippen LogP contribution is 2.37. The fourth-order valence-electron chi connectivity index (χ4n) is 2.43. The molecular weight excluding hydrogens is 250 g/mol. The lowest BCUT2D eigenvalue weighted by Gasteiger charge is -2.27. The smallest absolute Gasteiger partial charge is 0.326 e. The van der Waals surface area contributed by atoms with Crippen molar-refractivity contribution in [1.29, 1.82) is 0 Å². The summed E-state index contributed by atoms with van der Waals surface area (Å²) >= 11 is 0. The minimum absolute atomic E-state index is 0.00292. The predicted molar refractivity (Wildman–Crippen MR) is 68.0 cm³/mol. The van der Waals surface area contributed by atoms with Gasteiger partial charge in [-0.25, -0.2) is 4.79 Å². The Morgan fingerprint density at radius 1 is 1.26 bits per heavy atom. The van der Waals surface area contributed by atoms with Gasteiger partial charge in [-0.2, -0.15) is 0 Å². The standard InChI is InChI=1S/C12H21N3O4/c13-7-12(5-1-2-6-12)11(19)15-8(10(17)18)3-4-9(14)16/h8H,1-7,13H2,(H2,14,16)(H,15,19)(H,17,18)/t8-/m0/s1. The number of hydrogen-bond donors (Lipinski definition) is 4. The molecule has 1 aliphatic rings. The quantitative estimate of drug-likeness (QED) is 0.487. The van der Waals surface area contributed by atoms with Crippen LogP contribution < -0.4 is 16.8 Å². The van der Waals surface area contributed by atoms with E-state index in [1.807, 2.05) is 0 Å². The average molecular weight is 271 g/mol. The van der Waals surface area contributed by atoms with Crippen LogP contribution in [0.4, 0.5) is 0 Å². The lowest BCUT2D eigenvalue weighted by molar-refractivity contribution is -0.144. The van der Waals surface area contributed by atoms with Crippen LogP contribution in [-0.2, 0) is 14.4 Å². The van der Waals surface area contributed by atoms with Crippen LogP contribution in [0.25, 0.3) is 0 Å². The maximum atomic E-state index is 12.2. The zero-order valence-electron chi connectivity index (χ0n) is 10.9. The molecule has 0 aromatic heterocycles. The largest absolute Gasteiger partial charge is 0.480 e. The zero-order valence-corrected chi connectivity index (χ0v) is 10.9. The second-order valence-electron chi connectivity index (χ2n) is 5.06. The molecule has 0 heterocycles. The number of carbonyl (C=O) groups is 3.